The smallest absolute Gasteiger partial charge is 0.238 e. The summed E-state index contributed by atoms with van der Waals surface area (Å²) >= 11 is 3.20. The minimum Gasteiger partial charge on any atom is -0.352 e. The molecule has 25 heavy (non-hydrogen) atoms. The first kappa shape index (κ1) is 16.5. The van der Waals surface area contributed by atoms with Crippen LogP contribution < -0.4 is 5.32 Å². The van der Waals surface area contributed by atoms with Crippen LogP contribution in [0, 0.1) is 13.8 Å². The summed E-state index contributed by atoms with van der Waals surface area (Å²) in [6.07, 6.45) is 3.76. The highest BCUT2D eigenvalue weighted by Crippen LogP contribution is 2.41. The topological polar surface area (TPSA) is 54.9 Å². The summed E-state index contributed by atoms with van der Waals surface area (Å²) in [4.78, 5) is 24.0. The summed E-state index contributed by atoms with van der Waals surface area (Å²) in [5.41, 5.74) is 2.21. The number of aryl methyl sites for hydroxylation is 2. The highest BCUT2D eigenvalue weighted by molar-refractivity contribution is 8.00. The molecule has 2 aromatic heterocycles. The fourth-order valence-electron chi connectivity index (χ4n) is 2.76. The van der Waals surface area contributed by atoms with Gasteiger partial charge in [-0.2, -0.15) is 0 Å². The highest BCUT2D eigenvalue weighted by atomic mass is 32.2. The number of thiophene rings is 1. The van der Waals surface area contributed by atoms with Crippen LogP contribution in [-0.2, 0) is 4.79 Å². The molecule has 4 rings (SSSR count). The number of amides is 1. The van der Waals surface area contributed by atoms with E-state index in [0.29, 0.717) is 6.04 Å². The zero-order valence-corrected chi connectivity index (χ0v) is 15.8. The minimum absolute atomic E-state index is 0.0649. The van der Waals surface area contributed by atoms with Crippen molar-refractivity contribution in [2.75, 3.05) is 0 Å². The Hall–Kier alpha value is -1.92. The second-order valence-electron chi connectivity index (χ2n) is 6.33. The van der Waals surface area contributed by atoms with E-state index in [9.17, 15) is 4.79 Å². The Labute approximate surface area is 155 Å². The van der Waals surface area contributed by atoms with E-state index in [0.717, 1.165) is 33.6 Å². The van der Waals surface area contributed by atoms with Crippen LogP contribution in [0.15, 0.2) is 41.7 Å². The molecule has 6 heteroatoms. The third-order valence-electron chi connectivity index (χ3n) is 4.42. The predicted octanol–water partition coefficient (Wildman–Crippen LogP) is 4.42. The summed E-state index contributed by atoms with van der Waals surface area (Å²) in [6.45, 7) is 4.20. The summed E-state index contributed by atoms with van der Waals surface area (Å²) in [7, 11) is 0. The second-order valence-corrected chi connectivity index (χ2v) is 8.63. The number of hydrogen-bond donors (Lipinski definition) is 1. The van der Waals surface area contributed by atoms with Crippen molar-refractivity contribution < 1.29 is 4.79 Å². The average Bonchev–Trinajstić information content (AvgIpc) is 3.38. The van der Waals surface area contributed by atoms with Crippen LogP contribution >= 0.6 is 23.1 Å². The Morgan fingerprint density at radius 1 is 1.24 bits per heavy atom. The van der Waals surface area contributed by atoms with Crippen LogP contribution in [-0.4, -0.2) is 21.9 Å². The molecule has 1 amide bonds. The molecule has 0 spiro atoms. The van der Waals surface area contributed by atoms with E-state index < -0.39 is 0 Å². The third-order valence-corrected chi connectivity index (χ3v) is 6.79. The number of rotatable bonds is 5. The van der Waals surface area contributed by atoms with E-state index in [1.54, 1.807) is 17.7 Å². The van der Waals surface area contributed by atoms with Crippen LogP contribution in [0.25, 0.3) is 10.2 Å². The number of fused-ring (bicyclic) bond motifs is 1. The second kappa shape index (κ2) is 6.77. The van der Waals surface area contributed by atoms with Gasteiger partial charge in [0, 0.05) is 16.3 Å². The number of carbonyl (C=O) groups excluding carboxylic acids is 1. The molecule has 128 valence electrons. The Morgan fingerprint density at radius 2 is 2.00 bits per heavy atom. The first-order valence-electron chi connectivity index (χ1n) is 8.36. The molecule has 1 fully saturated rings. The Balaban J connectivity index is 1.72. The highest BCUT2D eigenvalue weighted by Gasteiger charge is 2.30. The van der Waals surface area contributed by atoms with Crippen LogP contribution in [0.3, 0.4) is 0 Å². The fourth-order valence-corrected chi connectivity index (χ4v) is 4.99. The molecular formula is C19H19N3OS2. The van der Waals surface area contributed by atoms with Gasteiger partial charge in [0.15, 0.2) is 0 Å². The molecule has 2 heterocycles. The number of nitrogens with zero attached hydrogens (tertiary/aromatic N) is 2. The molecule has 1 aliphatic carbocycles. The SMILES string of the molecule is Cc1sc2ncnc(S[C@H](C(=O)NC3CC3)c3ccccc3)c2c1C. The number of nitrogens with one attached hydrogen (secondary N) is 1. The van der Waals surface area contributed by atoms with E-state index in [2.05, 4.69) is 29.1 Å². The van der Waals surface area contributed by atoms with Gasteiger partial charge in [-0.25, -0.2) is 9.97 Å². The number of carbonyl (C=O) groups is 1. The minimum atomic E-state index is -0.306. The van der Waals surface area contributed by atoms with Crippen molar-refractivity contribution in [3.8, 4) is 0 Å². The Kier molecular flexibility index (Phi) is 4.48. The van der Waals surface area contributed by atoms with Gasteiger partial charge in [-0.3, -0.25) is 4.79 Å². The van der Waals surface area contributed by atoms with Crippen molar-refractivity contribution >= 4 is 39.2 Å². The van der Waals surface area contributed by atoms with Gasteiger partial charge >= 0.3 is 0 Å². The summed E-state index contributed by atoms with van der Waals surface area (Å²) < 4.78 is 0. The summed E-state index contributed by atoms with van der Waals surface area (Å²) in [5, 5.41) is 4.79. The molecule has 0 radical (unpaired) electrons. The quantitative estimate of drug-likeness (QED) is 0.534. The van der Waals surface area contributed by atoms with Gasteiger partial charge in [0.25, 0.3) is 0 Å². The Morgan fingerprint density at radius 3 is 2.72 bits per heavy atom. The maximum atomic E-state index is 12.9. The molecule has 0 unspecified atom stereocenters. The van der Waals surface area contributed by atoms with Gasteiger partial charge in [-0.15, -0.1) is 11.3 Å². The van der Waals surface area contributed by atoms with Gasteiger partial charge in [0.2, 0.25) is 5.91 Å². The van der Waals surface area contributed by atoms with Gasteiger partial charge in [-0.05, 0) is 37.8 Å². The van der Waals surface area contributed by atoms with Crippen LogP contribution in [0.4, 0.5) is 0 Å². The molecule has 0 aliphatic heterocycles. The van der Waals surface area contributed by atoms with Crippen molar-refractivity contribution in [1.82, 2.24) is 15.3 Å². The summed E-state index contributed by atoms with van der Waals surface area (Å²) in [5.74, 6) is 0.0649. The van der Waals surface area contributed by atoms with Crippen LogP contribution in [0.5, 0.6) is 0 Å². The molecule has 1 N–H and O–H groups in total. The molecule has 0 saturated heterocycles. The molecule has 1 aliphatic rings. The van der Waals surface area contributed by atoms with E-state index >= 15 is 0 Å². The molecule has 0 bridgehead atoms. The van der Waals surface area contributed by atoms with E-state index in [1.165, 1.54) is 22.2 Å². The first-order valence-corrected chi connectivity index (χ1v) is 10.1. The van der Waals surface area contributed by atoms with Gasteiger partial charge in [0.1, 0.15) is 21.4 Å². The molecule has 1 aromatic carbocycles. The van der Waals surface area contributed by atoms with Gasteiger partial charge < -0.3 is 5.32 Å². The standard InChI is InChI=1S/C19H19N3OS2/c1-11-12(2)24-18-15(11)19(21-10-20-18)25-16(13-6-4-3-5-7-13)17(23)22-14-8-9-14/h3-7,10,14,16H,8-9H2,1-2H3,(H,22,23)/t16-/m0/s1. The number of hydrogen-bond acceptors (Lipinski definition) is 5. The zero-order chi connectivity index (χ0) is 17.4. The van der Waals surface area contributed by atoms with Crippen LogP contribution in [0.2, 0.25) is 0 Å². The number of thioether (sulfide) groups is 1. The molecule has 1 atom stereocenters. The molecule has 1 saturated carbocycles. The average molecular weight is 370 g/mol. The van der Waals surface area contributed by atoms with Gasteiger partial charge in [0.05, 0.1) is 0 Å². The third kappa shape index (κ3) is 3.41. The van der Waals surface area contributed by atoms with E-state index in [4.69, 9.17) is 0 Å². The zero-order valence-electron chi connectivity index (χ0n) is 14.2. The van der Waals surface area contributed by atoms with Crippen molar-refractivity contribution in [2.24, 2.45) is 0 Å². The molecule has 4 nitrogen and oxygen atoms in total. The Bertz CT molecular complexity index is 919. The van der Waals surface area contributed by atoms with Crippen molar-refractivity contribution in [2.45, 2.75) is 43.0 Å². The lowest BCUT2D eigenvalue weighted by atomic mass is 10.1. The monoisotopic (exact) mass is 369 g/mol. The normalized spacial score (nSPS) is 15.3. The largest absolute Gasteiger partial charge is 0.352 e. The maximum absolute atomic E-state index is 12.9. The van der Waals surface area contributed by atoms with Crippen LogP contribution in [0.1, 0.15) is 34.1 Å². The summed E-state index contributed by atoms with van der Waals surface area (Å²) in [6, 6.07) is 10.3. The number of aromatic nitrogens is 2. The van der Waals surface area contributed by atoms with E-state index in [1.807, 2.05) is 30.3 Å². The van der Waals surface area contributed by atoms with Crippen molar-refractivity contribution in [3.05, 3.63) is 52.7 Å². The molecule has 3 aromatic rings. The lowest BCUT2D eigenvalue weighted by Gasteiger charge is -2.17. The van der Waals surface area contributed by atoms with E-state index in [-0.39, 0.29) is 11.2 Å². The first-order chi connectivity index (χ1) is 12.1. The number of benzene rings is 1. The fraction of sp³-hybridized carbons (Fsp3) is 0.316. The van der Waals surface area contributed by atoms with Crippen molar-refractivity contribution in [3.63, 3.8) is 0 Å². The molecular weight excluding hydrogens is 350 g/mol. The predicted molar refractivity (Wildman–Crippen MR) is 103 cm³/mol. The van der Waals surface area contributed by atoms with Gasteiger partial charge in [-0.1, -0.05) is 42.1 Å². The van der Waals surface area contributed by atoms with Crippen molar-refractivity contribution in [1.29, 1.82) is 0 Å². The maximum Gasteiger partial charge on any atom is 0.238 e. The lowest BCUT2D eigenvalue weighted by molar-refractivity contribution is -0.120. The lowest BCUT2D eigenvalue weighted by Crippen LogP contribution is -2.29.